The largest absolute Gasteiger partial charge is 0.308 e. The van der Waals surface area contributed by atoms with Crippen molar-refractivity contribution in [3.05, 3.63) is 58.3 Å². The van der Waals surface area contributed by atoms with E-state index in [0.717, 1.165) is 11.3 Å². The summed E-state index contributed by atoms with van der Waals surface area (Å²) in [5.74, 6) is -0.279. The monoisotopic (exact) mass is 295 g/mol. The Labute approximate surface area is 107 Å². The SMILES string of the molecule is CNC(c1cc(F)cc(Br)c1)c1cnccn1. The number of benzene rings is 1. The van der Waals surface area contributed by atoms with Gasteiger partial charge in [-0.1, -0.05) is 15.9 Å². The lowest BCUT2D eigenvalue weighted by Gasteiger charge is -2.16. The number of nitrogens with one attached hydrogen (secondary N) is 1. The average molecular weight is 296 g/mol. The van der Waals surface area contributed by atoms with Crippen LogP contribution in [0.5, 0.6) is 0 Å². The number of hydrogen-bond acceptors (Lipinski definition) is 3. The van der Waals surface area contributed by atoms with Crippen LogP contribution in [0.2, 0.25) is 0 Å². The van der Waals surface area contributed by atoms with Gasteiger partial charge in [-0.2, -0.15) is 0 Å². The van der Waals surface area contributed by atoms with Gasteiger partial charge in [0.1, 0.15) is 5.82 Å². The standard InChI is InChI=1S/C12H11BrFN3/c1-15-12(11-7-16-2-3-17-11)8-4-9(13)6-10(14)5-8/h2-7,12,15H,1H3. The summed E-state index contributed by atoms with van der Waals surface area (Å²) in [6, 6.07) is 4.60. The Balaban J connectivity index is 2.42. The fourth-order valence-corrected chi connectivity index (χ4v) is 2.17. The second kappa shape index (κ2) is 5.33. The zero-order valence-corrected chi connectivity index (χ0v) is 10.8. The Morgan fingerprint density at radius 2 is 2.12 bits per heavy atom. The first kappa shape index (κ1) is 12.1. The van der Waals surface area contributed by atoms with Gasteiger partial charge < -0.3 is 5.32 Å². The normalized spacial score (nSPS) is 12.4. The zero-order chi connectivity index (χ0) is 12.3. The number of rotatable bonds is 3. The summed E-state index contributed by atoms with van der Waals surface area (Å²) in [5.41, 5.74) is 1.56. The molecule has 0 aliphatic carbocycles. The van der Waals surface area contributed by atoms with Gasteiger partial charge in [0.2, 0.25) is 0 Å². The number of halogens is 2. The highest BCUT2D eigenvalue weighted by Crippen LogP contribution is 2.23. The minimum atomic E-state index is -0.279. The van der Waals surface area contributed by atoms with Crippen LogP contribution in [0.15, 0.2) is 41.3 Å². The maximum Gasteiger partial charge on any atom is 0.124 e. The number of aromatic nitrogens is 2. The third kappa shape index (κ3) is 2.87. The van der Waals surface area contributed by atoms with Crippen LogP contribution in [0.4, 0.5) is 4.39 Å². The lowest BCUT2D eigenvalue weighted by atomic mass is 10.0. The van der Waals surface area contributed by atoms with E-state index in [1.165, 1.54) is 12.1 Å². The van der Waals surface area contributed by atoms with Crippen LogP contribution in [0.25, 0.3) is 0 Å². The minimum Gasteiger partial charge on any atom is -0.308 e. The molecule has 0 fully saturated rings. The van der Waals surface area contributed by atoms with Gasteiger partial charge in [0.15, 0.2) is 0 Å². The fraction of sp³-hybridized carbons (Fsp3) is 0.167. The Kier molecular flexibility index (Phi) is 3.81. The van der Waals surface area contributed by atoms with Crippen molar-refractivity contribution in [2.45, 2.75) is 6.04 Å². The van der Waals surface area contributed by atoms with Gasteiger partial charge in [-0.3, -0.25) is 9.97 Å². The van der Waals surface area contributed by atoms with Crippen molar-refractivity contribution in [1.82, 2.24) is 15.3 Å². The van der Waals surface area contributed by atoms with Crippen molar-refractivity contribution in [2.24, 2.45) is 0 Å². The summed E-state index contributed by atoms with van der Waals surface area (Å²) >= 11 is 3.28. The van der Waals surface area contributed by atoms with E-state index in [0.29, 0.717) is 4.47 Å². The van der Waals surface area contributed by atoms with Crippen molar-refractivity contribution in [3.63, 3.8) is 0 Å². The predicted octanol–water partition coefficient (Wildman–Crippen LogP) is 2.69. The molecule has 3 nitrogen and oxygen atoms in total. The summed E-state index contributed by atoms with van der Waals surface area (Å²) in [6.45, 7) is 0. The molecule has 1 atom stereocenters. The smallest absolute Gasteiger partial charge is 0.124 e. The maximum atomic E-state index is 13.3. The fourth-order valence-electron chi connectivity index (χ4n) is 1.69. The molecule has 17 heavy (non-hydrogen) atoms. The molecule has 1 unspecified atom stereocenters. The predicted molar refractivity (Wildman–Crippen MR) is 67.0 cm³/mol. The van der Waals surface area contributed by atoms with Gasteiger partial charge in [0.25, 0.3) is 0 Å². The zero-order valence-electron chi connectivity index (χ0n) is 9.19. The second-order valence-electron chi connectivity index (χ2n) is 3.55. The van der Waals surface area contributed by atoms with Crippen molar-refractivity contribution in [1.29, 1.82) is 0 Å². The molecule has 1 heterocycles. The molecular formula is C12H11BrFN3. The topological polar surface area (TPSA) is 37.8 Å². The summed E-state index contributed by atoms with van der Waals surface area (Å²) in [6.07, 6.45) is 4.89. The van der Waals surface area contributed by atoms with Crippen molar-refractivity contribution in [3.8, 4) is 0 Å². The molecule has 0 radical (unpaired) electrons. The molecule has 88 valence electrons. The summed E-state index contributed by atoms with van der Waals surface area (Å²) < 4.78 is 14.1. The minimum absolute atomic E-state index is 0.171. The molecule has 1 aromatic carbocycles. The lowest BCUT2D eigenvalue weighted by Crippen LogP contribution is -2.19. The molecule has 1 N–H and O–H groups in total. The van der Waals surface area contributed by atoms with E-state index in [2.05, 4.69) is 31.2 Å². The van der Waals surface area contributed by atoms with Gasteiger partial charge in [-0.15, -0.1) is 0 Å². The van der Waals surface area contributed by atoms with Gasteiger partial charge in [0.05, 0.1) is 17.9 Å². The Morgan fingerprint density at radius 3 is 2.71 bits per heavy atom. The summed E-state index contributed by atoms with van der Waals surface area (Å²) in [5, 5.41) is 3.10. The van der Waals surface area contributed by atoms with Crippen LogP contribution in [-0.4, -0.2) is 17.0 Å². The van der Waals surface area contributed by atoms with Crippen molar-refractivity contribution < 1.29 is 4.39 Å². The maximum absolute atomic E-state index is 13.3. The molecule has 0 aliphatic heterocycles. The highest BCUT2D eigenvalue weighted by atomic mass is 79.9. The second-order valence-corrected chi connectivity index (χ2v) is 4.47. The first-order chi connectivity index (χ1) is 8.20. The van der Waals surface area contributed by atoms with E-state index in [1.807, 2.05) is 6.07 Å². The Morgan fingerprint density at radius 1 is 1.29 bits per heavy atom. The molecule has 2 aromatic rings. The molecule has 1 aromatic heterocycles. The molecule has 0 saturated carbocycles. The van der Waals surface area contributed by atoms with Gasteiger partial charge in [-0.25, -0.2) is 4.39 Å². The van der Waals surface area contributed by atoms with Crippen molar-refractivity contribution >= 4 is 15.9 Å². The highest BCUT2D eigenvalue weighted by molar-refractivity contribution is 9.10. The summed E-state index contributed by atoms with van der Waals surface area (Å²) in [4.78, 5) is 8.24. The molecular weight excluding hydrogens is 285 g/mol. The molecule has 0 amide bonds. The lowest BCUT2D eigenvalue weighted by molar-refractivity contribution is 0.612. The molecule has 0 bridgehead atoms. The van der Waals surface area contributed by atoms with E-state index in [-0.39, 0.29) is 11.9 Å². The first-order valence-corrected chi connectivity index (χ1v) is 5.89. The molecule has 5 heteroatoms. The van der Waals surface area contributed by atoms with Gasteiger partial charge in [-0.05, 0) is 30.8 Å². The van der Waals surface area contributed by atoms with Crippen LogP contribution in [0.3, 0.4) is 0 Å². The van der Waals surface area contributed by atoms with Crippen LogP contribution >= 0.6 is 15.9 Å². The van der Waals surface area contributed by atoms with E-state index in [1.54, 1.807) is 25.6 Å². The molecule has 0 aliphatic rings. The number of hydrogen-bond donors (Lipinski definition) is 1. The van der Waals surface area contributed by atoms with E-state index >= 15 is 0 Å². The quantitative estimate of drug-likeness (QED) is 0.946. The third-order valence-corrected chi connectivity index (χ3v) is 2.84. The van der Waals surface area contributed by atoms with Crippen molar-refractivity contribution in [2.75, 3.05) is 7.05 Å². The van der Waals surface area contributed by atoms with Crippen LogP contribution < -0.4 is 5.32 Å². The highest BCUT2D eigenvalue weighted by Gasteiger charge is 2.14. The van der Waals surface area contributed by atoms with E-state index in [9.17, 15) is 4.39 Å². The van der Waals surface area contributed by atoms with Crippen LogP contribution in [-0.2, 0) is 0 Å². The summed E-state index contributed by atoms with van der Waals surface area (Å²) in [7, 11) is 1.80. The molecule has 0 spiro atoms. The van der Waals surface area contributed by atoms with Gasteiger partial charge in [0, 0.05) is 16.9 Å². The van der Waals surface area contributed by atoms with E-state index < -0.39 is 0 Å². The Hall–Kier alpha value is -1.33. The average Bonchev–Trinajstić information content (AvgIpc) is 2.30. The molecule has 2 rings (SSSR count). The third-order valence-electron chi connectivity index (χ3n) is 2.39. The molecule has 0 saturated heterocycles. The van der Waals surface area contributed by atoms with Gasteiger partial charge >= 0.3 is 0 Å². The first-order valence-electron chi connectivity index (χ1n) is 5.10. The van der Waals surface area contributed by atoms with E-state index in [4.69, 9.17) is 0 Å². The number of nitrogens with zero attached hydrogens (tertiary/aromatic N) is 2. The van der Waals surface area contributed by atoms with Crippen LogP contribution in [0, 0.1) is 5.82 Å². The Bertz CT molecular complexity index is 484. The van der Waals surface area contributed by atoms with Crippen LogP contribution in [0.1, 0.15) is 17.3 Å².